The van der Waals surface area contributed by atoms with Crippen molar-refractivity contribution in [1.29, 1.82) is 0 Å². The minimum atomic E-state index is 0.432. The van der Waals surface area contributed by atoms with Gasteiger partial charge in [0, 0.05) is 12.6 Å². The quantitative estimate of drug-likeness (QED) is 0.720. The summed E-state index contributed by atoms with van der Waals surface area (Å²) in [6.45, 7) is 8.55. The predicted octanol–water partition coefficient (Wildman–Crippen LogP) is 3.36. The molecule has 1 atom stereocenters. The molecule has 0 bridgehead atoms. The Morgan fingerprint density at radius 1 is 1.19 bits per heavy atom. The van der Waals surface area contributed by atoms with Crippen molar-refractivity contribution in [3.63, 3.8) is 0 Å². The Hall–Kier alpha value is -0.0800. The maximum atomic E-state index is 5.75. The van der Waals surface area contributed by atoms with E-state index in [4.69, 9.17) is 4.74 Å². The van der Waals surface area contributed by atoms with Crippen LogP contribution in [0.3, 0.4) is 0 Å². The Morgan fingerprint density at radius 3 is 2.44 bits per heavy atom. The zero-order valence-electron chi connectivity index (χ0n) is 11.3. The zero-order valence-corrected chi connectivity index (χ0v) is 11.3. The molecule has 0 aromatic rings. The first-order valence-electron chi connectivity index (χ1n) is 7.09. The zero-order chi connectivity index (χ0) is 11.8. The molecule has 1 unspecified atom stereocenters. The van der Waals surface area contributed by atoms with Gasteiger partial charge in [0.2, 0.25) is 0 Å². The standard InChI is InChI=1S/C14H29NO/c1-4-16-14(12(2)3)10-11-15-13-8-6-5-7-9-13/h12-15H,4-11H2,1-3H3. The fourth-order valence-corrected chi connectivity index (χ4v) is 2.56. The summed E-state index contributed by atoms with van der Waals surface area (Å²) in [6.07, 6.45) is 8.60. The smallest absolute Gasteiger partial charge is 0.0609 e. The minimum Gasteiger partial charge on any atom is -0.378 e. The number of hydrogen-bond donors (Lipinski definition) is 1. The van der Waals surface area contributed by atoms with Crippen LogP contribution in [0.25, 0.3) is 0 Å². The third kappa shape index (κ3) is 5.31. The average Bonchev–Trinajstić information content (AvgIpc) is 2.29. The van der Waals surface area contributed by atoms with E-state index in [1.165, 1.54) is 32.1 Å². The first kappa shape index (κ1) is 14.0. The maximum absolute atomic E-state index is 5.75. The number of hydrogen-bond acceptors (Lipinski definition) is 2. The molecule has 0 heterocycles. The summed E-state index contributed by atoms with van der Waals surface area (Å²) < 4.78 is 5.75. The van der Waals surface area contributed by atoms with Crippen LogP contribution in [0.15, 0.2) is 0 Å². The first-order valence-corrected chi connectivity index (χ1v) is 7.09. The van der Waals surface area contributed by atoms with Crippen molar-refractivity contribution in [2.75, 3.05) is 13.2 Å². The van der Waals surface area contributed by atoms with Gasteiger partial charge in [-0.2, -0.15) is 0 Å². The molecule has 1 rings (SSSR count). The van der Waals surface area contributed by atoms with Gasteiger partial charge >= 0.3 is 0 Å². The lowest BCUT2D eigenvalue weighted by atomic mass is 9.95. The molecule has 1 N–H and O–H groups in total. The van der Waals surface area contributed by atoms with Crippen molar-refractivity contribution < 1.29 is 4.74 Å². The van der Waals surface area contributed by atoms with E-state index in [9.17, 15) is 0 Å². The lowest BCUT2D eigenvalue weighted by molar-refractivity contribution is 0.0244. The minimum absolute atomic E-state index is 0.432. The first-order chi connectivity index (χ1) is 7.74. The molecular weight excluding hydrogens is 198 g/mol. The van der Waals surface area contributed by atoms with Gasteiger partial charge in [0.05, 0.1) is 6.10 Å². The fourth-order valence-electron chi connectivity index (χ4n) is 2.56. The highest BCUT2D eigenvalue weighted by Crippen LogP contribution is 2.17. The highest BCUT2D eigenvalue weighted by Gasteiger charge is 2.15. The van der Waals surface area contributed by atoms with Gasteiger partial charge in [-0.25, -0.2) is 0 Å². The van der Waals surface area contributed by atoms with Gasteiger partial charge in [0.25, 0.3) is 0 Å². The molecule has 0 saturated heterocycles. The average molecular weight is 227 g/mol. The molecule has 16 heavy (non-hydrogen) atoms. The van der Waals surface area contributed by atoms with E-state index in [0.29, 0.717) is 12.0 Å². The van der Waals surface area contributed by atoms with Gasteiger partial charge in [0.15, 0.2) is 0 Å². The molecule has 0 aromatic carbocycles. The molecule has 1 fully saturated rings. The number of nitrogens with one attached hydrogen (secondary N) is 1. The van der Waals surface area contributed by atoms with Crippen molar-refractivity contribution in [2.45, 2.75) is 71.4 Å². The van der Waals surface area contributed by atoms with Crippen molar-refractivity contribution >= 4 is 0 Å². The van der Waals surface area contributed by atoms with E-state index in [-0.39, 0.29) is 0 Å². The molecule has 0 aliphatic heterocycles. The Labute approximate surface area is 101 Å². The highest BCUT2D eigenvalue weighted by molar-refractivity contribution is 4.73. The monoisotopic (exact) mass is 227 g/mol. The van der Waals surface area contributed by atoms with Gasteiger partial charge in [-0.15, -0.1) is 0 Å². The van der Waals surface area contributed by atoms with Gasteiger partial charge in [-0.3, -0.25) is 0 Å². The Morgan fingerprint density at radius 2 is 1.88 bits per heavy atom. The fraction of sp³-hybridized carbons (Fsp3) is 1.00. The highest BCUT2D eigenvalue weighted by atomic mass is 16.5. The summed E-state index contributed by atoms with van der Waals surface area (Å²) in [5, 5.41) is 3.69. The Bertz CT molecular complexity index is 164. The largest absolute Gasteiger partial charge is 0.378 e. The van der Waals surface area contributed by atoms with E-state index in [1.807, 2.05) is 0 Å². The van der Waals surface area contributed by atoms with Crippen molar-refractivity contribution in [2.24, 2.45) is 5.92 Å². The summed E-state index contributed by atoms with van der Waals surface area (Å²) in [5.41, 5.74) is 0. The number of ether oxygens (including phenoxy) is 1. The van der Waals surface area contributed by atoms with Crippen LogP contribution in [0.4, 0.5) is 0 Å². The summed E-state index contributed by atoms with van der Waals surface area (Å²) in [4.78, 5) is 0. The summed E-state index contributed by atoms with van der Waals surface area (Å²) in [5.74, 6) is 0.633. The third-order valence-corrected chi connectivity index (χ3v) is 3.59. The molecule has 2 heteroatoms. The maximum Gasteiger partial charge on any atom is 0.0609 e. The normalized spacial score (nSPS) is 20.2. The van der Waals surface area contributed by atoms with Crippen LogP contribution < -0.4 is 5.32 Å². The second-order valence-corrected chi connectivity index (χ2v) is 5.32. The van der Waals surface area contributed by atoms with E-state index >= 15 is 0 Å². The predicted molar refractivity (Wildman–Crippen MR) is 69.7 cm³/mol. The van der Waals surface area contributed by atoms with Crippen LogP contribution in [0, 0.1) is 5.92 Å². The van der Waals surface area contributed by atoms with Crippen LogP contribution in [-0.4, -0.2) is 25.3 Å². The molecule has 0 radical (unpaired) electrons. The summed E-state index contributed by atoms with van der Waals surface area (Å²) in [7, 11) is 0. The van der Waals surface area contributed by atoms with E-state index in [2.05, 4.69) is 26.1 Å². The van der Waals surface area contributed by atoms with Crippen molar-refractivity contribution in [1.82, 2.24) is 5.32 Å². The second kappa shape index (κ2) is 8.08. The van der Waals surface area contributed by atoms with E-state index in [0.717, 1.165) is 25.6 Å². The van der Waals surface area contributed by atoms with Crippen LogP contribution in [0.5, 0.6) is 0 Å². The molecular formula is C14H29NO. The molecule has 0 aromatic heterocycles. The van der Waals surface area contributed by atoms with Crippen LogP contribution in [-0.2, 0) is 4.74 Å². The molecule has 1 saturated carbocycles. The number of rotatable bonds is 7. The lowest BCUT2D eigenvalue weighted by Crippen LogP contribution is -2.34. The van der Waals surface area contributed by atoms with Crippen molar-refractivity contribution in [3.05, 3.63) is 0 Å². The van der Waals surface area contributed by atoms with Gasteiger partial charge in [0.1, 0.15) is 0 Å². The SMILES string of the molecule is CCOC(CCNC1CCCCC1)C(C)C. The molecule has 1 aliphatic rings. The van der Waals surface area contributed by atoms with E-state index in [1.54, 1.807) is 0 Å². The third-order valence-electron chi connectivity index (χ3n) is 3.59. The molecule has 0 amide bonds. The van der Waals surface area contributed by atoms with Gasteiger partial charge < -0.3 is 10.1 Å². The van der Waals surface area contributed by atoms with Gasteiger partial charge in [-0.1, -0.05) is 33.1 Å². The van der Waals surface area contributed by atoms with Crippen molar-refractivity contribution in [3.8, 4) is 0 Å². The topological polar surface area (TPSA) is 21.3 Å². The van der Waals surface area contributed by atoms with E-state index < -0.39 is 0 Å². The molecule has 0 spiro atoms. The van der Waals surface area contributed by atoms with Crippen LogP contribution in [0.2, 0.25) is 0 Å². The molecule has 1 aliphatic carbocycles. The summed E-state index contributed by atoms with van der Waals surface area (Å²) >= 11 is 0. The van der Waals surface area contributed by atoms with Gasteiger partial charge in [-0.05, 0) is 38.6 Å². The lowest BCUT2D eigenvalue weighted by Gasteiger charge is -2.25. The van der Waals surface area contributed by atoms with Crippen LogP contribution >= 0.6 is 0 Å². The molecule has 96 valence electrons. The van der Waals surface area contributed by atoms with Crippen LogP contribution in [0.1, 0.15) is 59.3 Å². The Balaban J connectivity index is 2.11. The second-order valence-electron chi connectivity index (χ2n) is 5.32. The Kier molecular flexibility index (Phi) is 7.06. The molecule has 2 nitrogen and oxygen atoms in total. The summed E-state index contributed by atoms with van der Waals surface area (Å²) in [6, 6.07) is 0.781.